The van der Waals surface area contributed by atoms with Crippen LogP contribution in [-0.4, -0.2) is 12.5 Å². The van der Waals surface area contributed by atoms with Crippen LogP contribution in [-0.2, 0) is 10.2 Å². The Morgan fingerprint density at radius 2 is 1.62 bits per heavy atom. The lowest BCUT2D eigenvalue weighted by Gasteiger charge is -2.17. The van der Waals surface area contributed by atoms with Crippen molar-refractivity contribution >= 4 is 17.5 Å². The van der Waals surface area contributed by atoms with E-state index in [1.54, 1.807) is 0 Å². The third-order valence-electron chi connectivity index (χ3n) is 4.11. The van der Waals surface area contributed by atoms with Crippen molar-refractivity contribution in [2.24, 2.45) is 0 Å². The highest BCUT2D eigenvalue weighted by Crippen LogP contribution is 2.48. The zero-order chi connectivity index (χ0) is 14.7. The number of hydrogen-bond donors (Lipinski definition) is 1. The molecule has 3 heteroatoms. The molecule has 2 aromatic carbocycles. The van der Waals surface area contributed by atoms with Gasteiger partial charge in [0.2, 0.25) is 5.91 Å². The number of nitrogens with one attached hydrogen (secondary N) is 1. The van der Waals surface area contributed by atoms with Gasteiger partial charge < -0.3 is 5.32 Å². The Labute approximate surface area is 130 Å². The molecule has 1 unspecified atom stereocenters. The van der Waals surface area contributed by atoms with Gasteiger partial charge in [0.05, 0.1) is 10.8 Å². The van der Waals surface area contributed by atoms with Crippen molar-refractivity contribution in [3.8, 4) is 0 Å². The summed E-state index contributed by atoms with van der Waals surface area (Å²) in [7, 11) is 0. The van der Waals surface area contributed by atoms with E-state index in [1.807, 2.05) is 60.7 Å². The summed E-state index contributed by atoms with van der Waals surface area (Å²) < 4.78 is 0. The number of alkyl halides is 1. The fourth-order valence-electron chi connectivity index (χ4n) is 2.66. The molecule has 1 amide bonds. The molecule has 1 atom stereocenters. The molecule has 3 rings (SSSR count). The molecule has 1 fully saturated rings. The molecule has 1 aliphatic carbocycles. The summed E-state index contributed by atoms with van der Waals surface area (Å²) in [4.78, 5) is 12.5. The molecule has 0 bridgehead atoms. The Balaban J connectivity index is 1.63. The minimum absolute atomic E-state index is 0.0929. The maximum absolute atomic E-state index is 12.5. The van der Waals surface area contributed by atoms with Gasteiger partial charge in [-0.2, -0.15) is 0 Å². The quantitative estimate of drug-likeness (QED) is 0.836. The van der Waals surface area contributed by atoms with Crippen molar-refractivity contribution in [1.82, 2.24) is 5.32 Å². The predicted octanol–water partition coefficient (Wildman–Crippen LogP) is 3.81. The number of rotatable bonds is 5. The molecule has 0 saturated heterocycles. The zero-order valence-corrected chi connectivity index (χ0v) is 12.5. The molecule has 0 aromatic heterocycles. The van der Waals surface area contributed by atoms with Gasteiger partial charge >= 0.3 is 0 Å². The van der Waals surface area contributed by atoms with Gasteiger partial charge in [-0.3, -0.25) is 4.79 Å². The van der Waals surface area contributed by atoms with Crippen molar-refractivity contribution < 1.29 is 4.79 Å². The lowest BCUT2D eigenvalue weighted by Crippen LogP contribution is -2.36. The Hall–Kier alpha value is -1.80. The lowest BCUT2D eigenvalue weighted by molar-refractivity contribution is -0.123. The van der Waals surface area contributed by atoms with Crippen LogP contribution in [0.25, 0.3) is 0 Å². The molecule has 1 N–H and O–H groups in total. The maximum atomic E-state index is 12.5. The summed E-state index contributed by atoms with van der Waals surface area (Å²) in [5, 5.41) is 2.82. The van der Waals surface area contributed by atoms with E-state index in [9.17, 15) is 4.79 Å². The molecule has 0 aliphatic heterocycles. The molecule has 2 nitrogen and oxygen atoms in total. The SMILES string of the molecule is O=C(NCC(Cl)c1ccccc1)C1(c2ccccc2)CC1. The average molecular weight is 300 g/mol. The fourth-order valence-corrected chi connectivity index (χ4v) is 2.88. The van der Waals surface area contributed by atoms with Crippen LogP contribution >= 0.6 is 11.6 Å². The summed E-state index contributed by atoms with van der Waals surface area (Å²) in [6.07, 6.45) is 1.84. The second-order valence-corrected chi connectivity index (χ2v) is 6.06. The molecule has 21 heavy (non-hydrogen) atoms. The predicted molar refractivity (Wildman–Crippen MR) is 85.4 cm³/mol. The van der Waals surface area contributed by atoms with E-state index in [1.165, 1.54) is 0 Å². The minimum atomic E-state index is -0.325. The summed E-state index contributed by atoms with van der Waals surface area (Å²) in [6.45, 7) is 0.457. The van der Waals surface area contributed by atoms with Gasteiger partial charge in [0.1, 0.15) is 0 Å². The highest BCUT2D eigenvalue weighted by Gasteiger charge is 2.51. The number of halogens is 1. The monoisotopic (exact) mass is 299 g/mol. The first-order valence-corrected chi connectivity index (χ1v) is 7.69. The molecular weight excluding hydrogens is 282 g/mol. The number of carbonyl (C=O) groups excluding carboxylic acids is 1. The Kier molecular flexibility index (Phi) is 3.98. The van der Waals surface area contributed by atoms with Crippen LogP contribution in [0.3, 0.4) is 0 Å². The molecule has 0 spiro atoms. The number of carbonyl (C=O) groups is 1. The van der Waals surface area contributed by atoms with Crippen LogP contribution in [0, 0.1) is 0 Å². The van der Waals surface area contributed by atoms with Crippen molar-refractivity contribution in [3.63, 3.8) is 0 Å². The topological polar surface area (TPSA) is 29.1 Å². The van der Waals surface area contributed by atoms with Crippen molar-refractivity contribution in [1.29, 1.82) is 0 Å². The first kappa shape index (κ1) is 14.2. The van der Waals surface area contributed by atoms with E-state index in [4.69, 9.17) is 11.6 Å². The third kappa shape index (κ3) is 2.96. The molecule has 0 radical (unpaired) electrons. The lowest BCUT2D eigenvalue weighted by atomic mass is 9.95. The largest absolute Gasteiger partial charge is 0.354 e. The number of hydrogen-bond acceptors (Lipinski definition) is 1. The van der Waals surface area contributed by atoms with Gasteiger partial charge in [-0.05, 0) is 24.0 Å². The van der Waals surface area contributed by atoms with E-state index >= 15 is 0 Å². The molecule has 108 valence electrons. The molecule has 1 saturated carbocycles. The molecular formula is C18H18ClNO. The van der Waals surface area contributed by atoms with Gasteiger partial charge in [-0.25, -0.2) is 0 Å². The summed E-state index contributed by atoms with van der Waals surface area (Å²) in [5.41, 5.74) is 1.81. The maximum Gasteiger partial charge on any atom is 0.230 e. The molecule has 2 aromatic rings. The van der Waals surface area contributed by atoms with Gasteiger partial charge in [0.25, 0.3) is 0 Å². The van der Waals surface area contributed by atoms with E-state index < -0.39 is 0 Å². The molecule has 0 heterocycles. The highest BCUT2D eigenvalue weighted by atomic mass is 35.5. The average Bonchev–Trinajstić information content (AvgIpc) is 3.36. The van der Waals surface area contributed by atoms with E-state index in [2.05, 4.69) is 5.32 Å². The van der Waals surface area contributed by atoms with Gasteiger partial charge in [-0.1, -0.05) is 60.7 Å². The van der Waals surface area contributed by atoms with E-state index in [0.717, 1.165) is 24.0 Å². The van der Waals surface area contributed by atoms with Crippen LogP contribution in [0.15, 0.2) is 60.7 Å². The smallest absolute Gasteiger partial charge is 0.230 e. The third-order valence-corrected chi connectivity index (χ3v) is 4.52. The van der Waals surface area contributed by atoms with E-state index in [-0.39, 0.29) is 16.7 Å². The highest BCUT2D eigenvalue weighted by molar-refractivity contribution is 6.21. The van der Waals surface area contributed by atoms with Gasteiger partial charge in [0, 0.05) is 6.54 Å². The zero-order valence-electron chi connectivity index (χ0n) is 11.8. The minimum Gasteiger partial charge on any atom is -0.354 e. The van der Waals surface area contributed by atoms with Gasteiger partial charge in [0.15, 0.2) is 0 Å². The molecule has 1 aliphatic rings. The van der Waals surface area contributed by atoms with Crippen LogP contribution < -0.4 is 5.32 Å². The van der Waals surface area contributed by atoms with Gasteiger partial charge in [-0.15, -0.1) is 11.6 Å². The van der Waals surface area contributed by atoms with Crippen LogP contribution in [0.1, 0.15) is 29.3 Å². The standard InChI is InChI=1S/C18H18ClNO/c19-16(14-7-3-1-4-8-14)13-20-17(21)18(11-12-18)15-9-5-2-6-10-15/h1-10,16H,11-13H2,(H,20,21). The van der Waals surface area contributed by atoms with Crippen LogP contribution in [0.4, 0.5) is 0 Å². The summed E-state index contributed by atoms with van der Waals surface area (Å²) in [6, 6.07) is 19.8. The van der Waals surface area contributed by atoms with E-state index in [0.29, 0.717) is 6.54 Å². The normalized spacial score (nSPS) is 17.0. The first-order valence-electron chi connectivity index (χ1n) is 7.25. The Morgan fingerprint density at radius 3 is 2.19 bits per heavy atom. The van der Waals surface area contributed by atoms with Crippen molar-refractivity contribution in [2.75, 3.05) is 6.54 Å². The fraction of sp³-hybridized carbons (Fsp3) is 0.278. The Morgan fingerprint density at radius 1 is 1.05 bits per heavy atom. The van der Waals surface area contributed by atoms with Crippen LogP contribution in [0.2, 0.25) is 0 Å². The van der Waals surface area contributed by atoms with Crippen molar-refractivity contribution in [3.05, 3.63) is 71.8 Å². The summed E-state index contributed by atoms with van der Waals surface area (Å²) in [5.74, 6) is 0.0929. The second kappa shape index (κ2) is 5.90. The first-order chi connectivity index (χ1) is 10.2. The number of amides is 1. The number of benzene rings is 2. The Bertz CT molecular complexity index is 608. The van der Waals surface area contributed by atoms with Crippen molar-refractivity contribution in [2.45, 2.75) is 23.6 Å². The summed E-state index contributed by atoms with van der Waals surface area (Å²) >= 11 is 6.35. The second-order valence-electron chi connectivity index (χ2n) is 5.54. The van der Waals surface area contributed by atoms with Crippen LogP contribution in [0.5, 0.6) is 0 Å².